The third-order valence-electron chi connectivity index (χ3n) is 3.74. The van der Waals surface area contributed by atoms with Gasteiger partial charge in [0.05, 0.1) is 6.10 Å². The number of nitrogens with zero attached hydrogens (tertiary/aromatic N) is 2. The van der Waals surface area contributed by atoms with Crippen molar-refractivity contribution >= 4 is 17.1 Å². The molecule has 1 fully saturated rings. The van der Waals surface area contributed by atoms with Gasteiger partial charge >= 0.3 is 0 Å². The molecule has 0 radical (unpaired) electrons. The predicted molar refractivity (Wildman–Crippen MR) is 80.1 cm³/mol. The van der Waals surface area contributed by atoms with E-state index in [1.807, 2.05) is 24.3 Å². The van der Waals surface area contributed by atoms with E-state index in [1.165, 1.54) is 12.8 Å². The van der Waals surface area contributed by atoms with E-state index >= 15 is 0 Å². The van der Waals surface area contributed by atoms with Gasteiger partial charge < -0.3 is 14.1 Å². The quantitative estimate of drug-likeness (QED) is 0.834. The molecule has 1 saturated heterocycles. The molecule has 4 heteroatoms. The molecule has 1 atom stereocenters. The van der Waals surface area contributed by atoms with Gasteiger partial charge in [-0.1, -0.05) is 19.1 Å². The predicted octanol–water partition coefficient (Wildman–Crippen LogP) is 3.61. The second kappa shape index (κ2) is 6.27. The molecule has 1 aromatic heterocycles. The van der Waals surface area contributed by atoms with Crippen molar-refractivity contribution in [2.45, 2.75) is 38.7 Å². The number of rotatable bonds is 5. The Hall–Kier alpha value is -1.55. The highest BCUT2D eigenvalue weighted by molar-refractivity contribution is 5.74. The minimum atomic E-state index is 0.310. The third kappa shape index (κ3) is 2.96. The summed E-state index contributed by atoms with van der Waals surface area (Å²) >= 11 is 0. The summed E-state index contributed by atoms with van der Waals surface area (Å²) in [5, 5.41) is 0. The van der Waals surface area contributed by atoms with Crippen molar-refractivity contribution in [1.82, 2.24) is 4.98 Å². The Morgan fingerprint density at radius 2 is 2.20 bits per heavy atom. The van der Waals surface area contributed by atoms with Gasteiger partial charge in [-0.25, -0.2) is 0 Å². The largest absolute Gasteiger partial charge is 0.423 e. The number of hydrogen-bond donors (Lipinski definition) is 0. The molecular weight excluding hydrogens is 252 g/mol. The van der Waals surface area contributed by atoms with E-state index in [2.05, 4.69) is 16.8 Å². The van der Waals surface area contributed by atoms with Gasteiger partial charge in [-0.05, 0) is 37.8 Å². The number of aromatic nitrogens is 1. The van der Waals surface area contributed by atoms with Crippen LogP contribution in [0.25, 0.3) is 11.1 Å². The summed E-state index contributed by atoms with van der Waals surface area (Å²) < 4.78 is 11.7. The Morgan fingerprint density at radius 1 is 1.30 bits per heavy atom. The molecule has 0 aliphatic carbocycles. The summed E-state index contributed by atoms with van der Waals surface area (Å²) in [7, 11) is 0. The first kappa shape index (κ1) is 13.4. The third-order valence-corrected chi connectivity index (χ3v) is 3.74. The van der Waals surface area contributed by atoms with Crippen LogP contribution >= 0.6 is 0 Å². The summed E-state index contributed by atoms with van der Waals surface area (Å²) in [6, 6.07) is 8.65. The molecule has 1 aliphatic heterocycles. The standard InChI is InChI=1S/C16H22N2O2/c1-2-10-18(12-13-7-5-6-11-19-13)16-17-14-8-3-4-9-15(14)20-16/h3-4,8-9,13H,2,5-7,10-12H2,1H3. The van der Waals surface area contributed by atoms with Crippen molar-refractivity contribution in [2.75, 3.05) is 24.6 Å². The molecule has 2 aromatic rings. The smallest absolute Gasteiger partial charge is 0.298 e. The van der Waals surface area contributed by atoms with Crippen molar-refractivity contribution in [3.63, 3.8) is 0 Å². The summed E-state index contributed by atoms with van der Waals surface area (Å²) in [5.41, 5.74) is 1.78. The normalized spacial score (nSPS) is 19.4. The number of anilines is 1. The van der Waals surface area contributed by atoms with Crippen LogP contribution in [-0.2, 0) is 4.74 Å². The van der Waals surface area contributed by atoms with Crippen molar-refractivity contribution in [2.24, 2.45) is 0 Å². The number of hydrogen-bond acceptors (Lipinski definition) is 4. The van der Waals surface area contributed by atoms with E-state index in [0.717, 1.165) is 49.7 Å². The highest BCUT2D eigenvalue weighted by Crippen LogP contribution is 2.23. The summed E-state index contributed by atoms with van der Waals surface area (Å²) in [5.74, 6) is 0. The Bertz CT molecular complexity index is 513. The van der Waals surface area contributed by atoms with Gasteiger partial charge in [0, 0.05) is 19.7 Å². The molecule has 20 heavy (non-hydrogen) atoms. The Morgan fingerprint density at radius 3 is 2.95 bits per heavy atom. The molecular formula is C16H22N2O2. The van der Waals surface area contributed by atoms with Gasteiger partial charge in [-0.3, -0.25) is 0 Å². The molecule has 1 unspecified atom stereocenters. The van der Waals surface area contributed by atoms with Crippen LogP contribution < -0.4 is 4.90 Å². The number of oxazole rings is 1. The molecule has 0 bridgehead atoms. The number of fused-ring (bicyclic) bond motifs is 1. The van der Waals surface area contributed by atoms with Crippen LogP contribution in [0, 0.1) is 0 Å². The van der Waals surface area contributed by atoms with Gasteiger partial charge in [0.2, 0.25) is 0 Å². The van der Waals surface area contributed by atoms with Gasteiger partial charge in [0.25, 0.3) is 6.01 Å². The summed E-state index contributed by atoms with van der Waals surface area (Å²) in [6.45, 7) is 4.89. The second-order valence-electron chi connectivity index (χ2n) is 5.40. The van der Waals surface area contributed by atoms with E-state index in [4.69, 9.17) is 9.15 Å². The lowest BCUT2D eigenvalue weighted by Gasteiger charge is -2.28. The molecule has 2 heterocycles. The van der Waals surface area contributed by atoms with Crippen LogP contribution in [0.1, 0.15) is 32.6 Å². The van der Waals surface area contributed by atoms with Crippen LogP contribution in [0.4, 0.5) is 6.01 Å². The molecule has 0 N–H and O–H groups in total. The van der Waals surface area contributed by atoms with Gasteiger partial charge in [0.1, 0.15) is 5.52 Å². The fourth-order valence-corrected chi connectivity index (χ4v) is 2.73. The van der Waals surface area contributed by atoms with Crippen molar-refractivity contribution in [3.8, 4) is 0 Å². The fraction of sp³-hybridized carbons (Fsp3) is 0.562. The fourth-order valence-electron chi connectivity index (χ4n) is 2.73. The average molecular weight is 274 g/mol. The van der Waals surface area contributed by atoms with Gasteiger partial charge in [-0.2, -0.15) is 4.98 Å². The SMILES string of the molecule is CCCN(CC1CCCCO1)c1nc2ccccc2o1. The molecule has 1 aromatic carbocycles. The first-order valence-corrected chi connectivity index (χ1v) is 7.59. The molecule has 0 spiro atoms. The zero-order valence-electron chi connectivity index (χ0n) is 12.0. The highest BCUT2D eigenvalue weighted by atomic mass is 16.5. The minimum absolute atomic E-state index is 0.310. The lowest BCUT2D eigenvalue weighted by molar-refractivity contribution is 0.0205. The Labute approximate surface area is 119 Å². The maximum atomic E-state index is 5.88. The Kier molecular flexibility index (Phi) is 4.21. The van der Waals surface area contributed by atoms with E-state index in [9.17, 15) is 0 Å². The van der Waals surface area contributed by atoms with Crippen molar-refractivity contribution in [3.05, 3.63) is 24.3 Å². The molecule has 1 aliphatic rings. The number of benzene rings is 1. The summed E-state index contributed by atoms with van der Waals surface area (Å²) in [6.07, 6.45) is 4.97. The van der Waals surface area contributed by atoms with Gasteiger partial charge in [-0.15, -0.1) is 0 Å². The molecule has 4 nitrogen and oxygen atoms in total. The number of para-hydroxylation sites is 2. The lowest BCUT2D eigenvalue weighted by atomic mass is 10.1. The molecule has 0 amide bonds. The zero-order valence-corrected chi connectivity index (χ0v) is 12.0. The minimum Gasteiger partial charge on any atom is -0.423 e. The van der Waals surface area contributed by atoms with Crippen LogP contribution in [0.5, 0.6) is 0 Å². The molecule has 3 rings (SSSR count). The first-order valence-electron chi connectivity index (χ1n) is 7.59. The zero-order chi connectivity index (χ0) is 13.8. The lowest BCUT2D eigenvalue weighted by Crippen LogP contribution is -2.36. The van der Waals surface area contributed by atoms with Crippen LogP contribution in [0.15, 0.2) is 28.7 Å². The monoisotopic (exact) mass is 274 g/mol. The van der Waals surface area contributed by atoms with E-state index < -0.39 is 0 Å². The van der Waals surface area contributed by atoms with Crippen LogP contribution in [0.2, 0.25) is 0 Å². The maximum absolute atomic E-state index is 5.88. The van der Waals surface area contributed by atoms with E-state index in [-0.39, 0.29) is 0 Å². The average Bonchev–Trinajstić information content (AvgIpc) is 2.92. The van der Waals surface area contributed by atoms with Gasteiger partial charge in [0.15, 0.2) is 5.58 Å². The van der Waals surface area contributed by atoms with Crippen LogP contribution in [-0.4, -0.2) is 30.8 Å². The summed E-state index contributed by atoms with van der Waals surface area (Å²) in [4.78, 5) is 6.82. The highest BCUT2D eigenvalue weighted by Gasteiger charge is 2.20. The van der Waals surface area contributed by atoms with E-state index in [0.29, 0.717) is 6.10 Å². The maximum Gasteiger partial charge on any atom is 0.298 e. The molecule has 0 saturated carbocycles. The molecule has 108 valence electrons. The van der Waals surface area contributed by atoms with Crippen LogP contribution in [0.3, 0.4) is 0 Å². The van der Waals surface area contributed by atoms with Crippen molar-refractivity contribution in [1.29, 1.82) is 0 Å². The first-order chi connectivity index (χ1) is 9.86. The second-order valence-corrected chi connectivity index (χ2v) is 5.40. The van der Waals surface area contributed by atoms with E-state index in [1.54, 1.807) is 0 Å². The topological polar surface area (TPSA) is 38.5 Å². The number of ether oxygens (including phenoxy) is 1. The Balaban J connectivity index is 1.77. The van der Waals surface area contributed by atoms with Crippen molar-refractivity contribution < 1.29 is 9.15 Å².